The average Bonchev–Trinajstić information content (AvgIpc) is 2.72. The molecule has 2 rings (SSSR count). The zero-order chi connectivity index (χ0) is 9.64. The summed E-state index contributed by atoms with van der Waals surface area (Å²) >= 11 is 0. The Kier molecular flexibility index (Phi) is 3.58. The maximum absolute atomic E-state index is 5.59. The van der Waals surface area contributed by atoms with E-state index in [4.69, 9.17) is 4.74 Å². The second kappa shape index (κ2) is 5.16. The Morgan fingerprint density at radius 1 is 1.21 bits per heavy atom. The smallest absolute Gasteiger partial charge is 0.0576 e. The van der Waals surface area contributed by atoms with Crippen molar-refractivity contribution in [3.05, 3.63) is 35.9 Å². The molecular formula is C13H18O. The lowest BCUT2D eigenvalue weighted by atomic mass is 10.0. The number of benzene rings is 1. The summed E-state index contributed by atoms with van der Waals surface area (Å²) in [5, 5.41) is 0. The van der Waals surface area contributed by atoms with E-state index < -0.39 is 0 Å². The van der Waals surface area contributed by atoms with Gasteiger partial charge in [0, 0.05) is 6.61 Å². The third-order valence-electron chi connectivity index (χ3n) is 2.86. The van der Waals surface area contributed by atoms with Gasteiger partial charge in [-0.3, -0.25) is 0 Å². The number of ether oxygens (including phenoxy) is 1. The molecule has 1 aromatic rings. The predicted octanol–water partition coefficient (Wildman–Crippen LogP) is 3.19. The first-order valence-electron chi connectivity index (χ1n) is 5.61. The first-order valence-corrected chi connectivity index (χ1v) is 5.61. The van der Waals surface area contributed by atoms with Gasteiger partial charge in [0.25, 0.3) is 0 Å². The maximum atomic E-state index is 5.59. The number of aryl methyl sites for hydroxylation is 1. The summed E-state index contributed by atoms with van der Waals surface area (Å²) in [6, 6.07) is 10.7. The molecule has 1 nitrogen and oxygen atoms in total. The number of hydrogen-bond acceptors (Lipinski definition) is 1. The number of hydrogen-bond donors (Lipinski definition) is 0. The van der Waals surface area contributed by atoms with Crippen LogP contribution in [-0.2, 0) is 11.2 Å². The molecule has 1 heterocycles. The Labute approximate surface area is 86.1 Å². The van der Waals surface area contributed by atoms with E-state index in [2.05, 4.69) is 30.3 Å². The van der Waals surface area contributed by atoms with Gasteiger partial charge in [0.1, 0.15) is 0 Å². The lowest BCUT2D eigenvalue weighted by molar-refractivity contribution is 0.102. The van der Waals surface area contributed by atoms with E-state index in [1.165, 1.54) is 37.7 Å². The fourth-order valence-electron chi connectivity index (χ4n) is 2.05. The lowest BCUT2D eigenvalue weighted by Gasteiger charge is -2.08. The van der Waals surface area contributed by atoms with E-state index >= 15 is 0 Å². The van der Waals surface area contributed by atoms with Crippen LogP contribution >= 0.6 is 0 Å². The van der Waals surface area contributed by atoms with Gasteiger partial charge < -0.3 is 4.74 Å². The molecule has 1 fully saturated rings. The van der Waals surface area contributed by atoms with Crippen LogP contribution in [0.15, 0.2) is 30.3 Å². The van der Waals surface area contributed by atoms with Gasteiger partial charge in [0.2, 0.25) is 0 Å². The van der Waals surface area contributed by atoms with Gasteiger partial charge >= 0.3 is 0 Å². The van der Waals surface area contributed by atoms with E-state index in [-0.39, 0.29) is 0 Å². The fraction of sp³-hybridized carbons (Fsp3) is 0.538. The van der Waals surface area contributed by atoms with E-state index in [9.17, 15) is 0 Å². The fourth-order valence-corrected chi connectivity index (χ4v) is 2.05. The second-order valence-electron chi connectivity index (χ2n) is 4.01. The molecule has 0 radical (unpaired) electrons. The molecule has 0 amide bonds. The molecular weight excluding hydrogens is 172 g/mol. The van der Waals surface area contributed by atoms with Crippen molar-refractivity contribution in [3.63, 3.8) is 0 Å². The van der Waals surface area contributed by atoms with Crippen LogP contribution in [-0.4, -0.2) is 12.7 Å². The van der Waals surface area contributed by atoms with Gasteiger partial charge in [0.05, 0.1) is 6.10 Å². The van der Waals surface area contributed by atoms with E-state index in [0.29, 0.717) is 6.10 Å². The third-order valence-corrected chi connectivity index (χ3v) is 2.86. The highest BCUT2D eigenvalue weighted by Gasteiger charge is 2.14. The summed E-state index contributed by atoms with van der Waals surface area (Å²) in [4.78, 5) is 0. The minimum absolute atomic E-state index is 0.554. The molecule has 1 atom stereocenters. The zero-order valence-corrected chi connectivity index (χ0v) is 8.61. The molecule has 1 aromatic carbocycles. The molecule has 1 saturated heterocycles. The molecule has 1 heteroatoms. The largest absolute Gasteiger partial charge is 0.378 e. The number of rotatable bonds is 4. The van der Waals surface area contributed by atoms with Crippen molar-refractivity contribution in [1.29, 1.82) is 0 Å². The highest BCUT2D eigenvalue weighted by Crippen LogP contribution is 2.17. The first kappa shape index (κ1) is 9.72. The van der Waals surface area contributed by atoms with Crippen molar-refractivity contribution in [2.24, 2.45) is 0 Å². The second-order valence-corrected chi connectivity index (χ2v) is 4.01. The Morgan fingerprint density at radius 2 is 2.07 bits per heavy atom. The monoisotopic (exact) mass is 190 g/mol. The van der Waals surface area contributed by atoms with Crippen LogP contribution in [0.5, 0.6) is 0 Å². The van der Waals surface area contributed by atoms with Crippen molar-refractivity contribution in [2.75, 3.05) is 6.61 Å². The van der Waals surface area contributed by atoms with Crippen LogP contribution in [0.3, 0.4) is 0 Å². The van der Waals surface area contributed by atoms with Crippen molar-refractivity contribution in [3.8, 4) is 0 Å². The Balaban J connectivity index is 1.67. The van der Waals surface area contributed by atoms with Crippen molar-refractivity contribution >= 4 is 0 Å². The summed E-state index contributed by atoms with van der Waals surface area (Å²) in [6.45, 7) is 0.982. The minimum atomic E-state index is 0.554. The molecule has 1 aliphatic rings. The van der Waals surface area contributed by atoms with Crippen molar-refractivity contribution in [2.45, 2.75) is 38.2 Å². The summed E-state index contributed by atoms with van der Waals surface area (Å²) in [6.07, 6.45) is 6.77. The van der Waals surface area contributed by atoms with Gasteiger partial charge in [-0.25, -0.2) is 0 Å². The molecule has 1 aliphatic heterocycles. The molecule has 0 bridgehead atoms. The predicted molar refractivity (Wildman–Crippen MR) is 58.4 cm³/mol. The standard InChI is InChI=1S/C13H18O/c1-2-6-12(7-3-1)8-4-9-13-10-5-11-14-13/h1-3,6-7,13H,4-5,8-11H2. The molecule has 0 aliphatic carbocycles. The lowest BCUT2D eigenvalue weighted by Crippen LogP contribution is -2.04. The minimum Gasteiger partial charge on any atom is -0.378 e. The molecule has 14 heavy (non-hydrogen) atoms. The van der Waals surface area contributed by atoms with Crippen LogP contribution in [0.25, 0.3) is 0 Å². The van der Waals surface area contributed by atoms with Crippen LogP contribution < -0.4 is 0 Å². The summed E-state index contributed by atoms with van der Waals surface area (Å²) < 4.78 is 5.59. The molecule has 0 saturated carbocycles. The van der Waals surface area contributed by atoms with Gasteiger partial charge in [-0.05, 0) is 37.7 Å². The summed E-state index contributed by atoms with van der Waals surface area (Å²) in [5.41, 5.74) is 1.45. The normalized spacial score (nSPS) is 21.3. The van der Waals surface area contributed by atoms with Gasteiger partial charge in [-0.15, -0.1) is 0 Å². The Hall–Kier alpha value is -0.820. The summed E-state index contributed by atoms with van der Waals surface area (Å²) in [5.74, 6) is 0. The Morgan fingerprint density at radius 3 is 2.79 bits per heavy atom. The van der Waals surface area contributed by atoms with E-state index in [1.807, 2.05) is 0 Å². The van der Waals surface area contributed by atoms with Crippen molar-refractivity contribution < 1.29 is 4.74 Å². The third kappa shape index (κ3) is 2.85. The van der Waals surface area contributed by atoms with E-state index in [1.54, 1.807) is 0 Å². The van der Waals surface area contributed by atoms with Crippen LogP contribution in [0.1, 0.15) is 31.2 Å². The quantitative estimate of drug-likeness (QED) is 0.708. The van der Waals surface area contributed by atoms with Gasteiger partial charge in [-0.2, -0.15) is 0 Å². The van der Waals surface area contributed by atoms with Crippen LogP contribution in [0.4, 0.5) is 0 Å². The SMILES string of the molecule is c1ccc(CCCC2CCCO2)cc1. The first-order chi connectivity index (χ1) is 6.95. The Bertz CT molecular complexity index is 249. The highest BCUT2D eigenvalue weighted by molar-refractivity contribution is 5.14. The average molecular weight is 190 g/mol. The molecule has 76 valence electrons. The van der Waals surface area contributed by atoms with Crippen LogP contribution in [0, 0.1) is 0 Å². The zero-order valence-electron chi connectivity index (χ0n) is 8.61. The van der Waals surface area contributed by atoms with E-state index in [0.717, 1.165) is 6.61 Å². The van der Waals surface area contributed by atoms with Gasteiger partial charge in [0.15, 0.2) is 0 Å². The molecule has 1 unspecified atom stereocenters. The molecule has 0 spiro atoms. The topological polar surface area (TPSA) is 9.23 Å². The van der Waals surface area contributed by atoms with Crippen LogP contribution in [0.2, 0.25) is 0 Å². The van der Waals surface area contributed by atoms with Gasteiger partial charge in [-0.1, -0.05) is 30.3 Å². The molecule has 0 N–H and O–H groups in total. The van der Waals surface area contributed by atoms with Crippen molar-refractivity contribution in [1.82, 2.24) is 0 Å². The summed E-state index contributed by atoms with van der Waals surface area (Å²) in [7, 11) is 0. The maximum Gasteiger partial charge on any atom is 0.0576 e. The highest BCUT2D eigenvalue weighted by atomic mass is 16.5. The molecule has 0 aromatic heterocycles.